The lowest BCUT2D eigenvalue weighted by Gasteiger charge is -2.18. The molecule has 0 saturated heterocycles. The highest BCUT2D eigenvalue weighted by atomic mass is 32.2. The van der Waals surface area contributed by atoms with Gasteiger partial charge in [-0.15, -0.1) is 0 Å². The summed E-state index contributed by atoms with van der Waals surface area (Å²) in [4.78, 5) is 8.78. The molecule has 0 saturated carbocycles. The van der Waals surface area contributed by atoms with E-state index < -0.39 is 10.0 Å². The van der Waals surface area contributed by atoms with Crippen LogP contribution in [0.25, 0.3) is 22.0 Å². The lowest BCUT2D eigenvalue weighted by molar-refractivity contribution is 0.295. The largest absolute Gasteiger partial charge is 0.472 e. The second-order valence-electron chi connectivity index (χ2n) is 9.54. The summed E-state index contributed by atoms with van der Waals surface area (Å²) in [6.07, 6.45) is 9.10. The highest BCUT2D eigenvalue weighted by Crippen LogP contribution is 2.42. The second kappa shape index (κ2) is 9.99. The van der Waals surface area contributed by atoms with Crippen LogP contribution >= 0.6 is 0 Å². The van der Waals surface area contributed by atoms with Gasteiger partial charge in [0.2, 0.25) is 15.9 Å². The first kappa shape index (κ1) is 24.8. The molecular weight excluding hydrogens is 510 g/mol. The van der Waals surface area contributed by atoms with Crippen molar-refractivity contribution in [2.75, 3.05) is 11.0 Å². The van der Waals surface area contributed by atoms with Crippen molar-refractivity contribution >= 4 is 37.8 Å². The Morgan fingerprint density at radius 1 is 1.03 bits per heavy atom. The van der Waals surface area contributed by atoms with E-state index in [0.717, 1.165) is 56.1 Å². The lowest BCUT2D eigenvalue weighted by Crippen LogP contribution is -2.09. The Balaban J connectivity index is 1.55. The summed E-state index contributed by atoms with van der Waals surface area (Å²) in [7, 11) is -3.41. The van der Waals surface area contributed by atoms with E-state index >= 15 is 0 Å². The number of fused-ring (bicyclic) bond motifs is 3. The van der Waals surface area contributed by atoms with Crippen LogP contribution in [0.2, 0.25) is 0 Å². The van der Waals surface area contributed by atoms with Gasteiger partial charge in [-0.3, -0.25) is 14.4 Å². The minimum atomic E-state index is -3.41. The van der Waals surface area contributed by atoms with Gasteiger partial charge in [-0.1, -0.05) is 25.1 Å². The van der Waals surface area contributed by atoms with Gasteiger partial charge in [0, 0.05) is 35.2 Å². The molecule has 0 spiro atoms. The van der Waals surface area contributed by atoms with E-state index in [9.17, 15) is 8.42 Å². The highest BCUT2D eigenvalue weighted by Gasteiger charge is 2.25. The molecule has 6 rings (SSSR count). The molecule has 0 unspecified atom stereocenters. The van der Waals surface area contributed by atoms with Crippen LogP contribution in [-0.4, -0.2) is 34.4 Å². The molecule has 1 aliphatic rings. The summed E-state index contributed by atoms with van der Waals surface area (Å²) in [5, 5.41) is 5.70. The van der Waals surface area contributed by atoms with E-state index in [1.54, 1.807) is 18.5 Å². The van der Waals surface area contributed by atoms with Crippen LogP contribution in [0.4, 0.5) is 5.69 Å². The molecule has 8 nitrogen and oxygen atoms in total. The maximum Gasteiger partial charge on any atom is 0.229 e. The fourth-order valence-electron chi connectivity index (χ4n) is 5.13. The molecular formula is C30H27N5O3S. The summed E-state index contributed by atoms with van der Waals surface area (Å²) in [6.45, 7) is 3.08. The van der Waals surface area contributed by atoms with Gasteiger partial charge >= 0.3 is 0 Å². The van der Waals surface area contributed by atoms with E-state index in [1.807, 2.05) is 59.5 Å². The average molecular weight is 538 g/mol. The molecule has 0 atom stereocenters. The molecule has 1 N–H and O–H groups in total. The fourth-order valence-corrected chi connectivity index (χ4v) is 5.69. The first-order valence-corrected chi connectivity index (χ1v) is 14.6. The maximum atomic E-state index is 11.9. The molecule has 0 bridgehead atoms. The zero-order valence-corrected chi connectivity index (χ0v) is 22.4. The van der Waals surface area contributed by atoms with Crippen LogP contribution in [0.5, 0.6) is 5.88 Å². The summed E-state index contributed by atoms with van der Waals surface area (Å²) in [5.74, 6) is 0.570. The zero-order chi connectivity index (χ0) is 27.0. The molecule has 0 fully saturated rings. The first-order chi connectivity index (χ1) is 18.9. The third kappa shape index (κ3) is 5.00. The highest BCUT2D eigenvalue weighted by molar-refractivity contribution is 7.92. The van der Waals surface area contributed by atoms with Gasteiger partial charge < -0.3 is 4.74 Å². The summed E-state index contributed by atoms with van der Waals surface area (Å²) >= 11 is 0. The van der Waals surface area contributed by atoms with Crippen molar-refractivity contribution in [3.8, 4) is 5.88 Å². The number of nitrogens with zero attached hydrogens (tertiary/aromatic N) is 4. The Kier molecular flexibility index (Phi) is 6.36. The van der Waals surface area contributed by atoms with Crippen LogP contribution in [0, 0.1) is 0 Å². The number of sulfonamides is 1. The van der Waals surface area contributed by atoms with Gasteiger partial charge in [0.1, 0.15) is 6.61 Å². The number of hydrogen-bond acceptors (Lipinski definition) is 6. The lowest BCUT2D eigenvalue weighted by atomic mass is 9.86. The van der Waals surface area contributed by atoms with E-state index in [2.05, 4.69) is 38.8 Å². The molecule has 3 aromatic heterocycles. The van der Waals surface area contributed by atoms with Crippen LogP contribution in [0.15, 0.2) is 85.5 Å². The number of allylic oxidation sites excluding steroid dienone is 1. The first-order valence-electron chi connectivity index (χ1n) is 12.7. The molecule has 4 heterocycles. The Labute approximate surface area is 227 Å². The average Bonchev–Trinajstić information content (AvgIpc) is 3.23. The number of benzene rings is 2. The van der Waals surface area contributed by atoms with Gasteiger partial charge in [0.25, 0.3) is 0 Å². The minimum absolute atomic E-state index is 0.365. The molecule has 1 aliphatic heterocycles. The zero-order valence-electron chi connectivity index (χ0n) is 21.6. The van der Waals surface area contributed by atoms with Crippen LogP contribution in [0.1, 0.15) is 41.2 Å². The van der Waals surface area contributed by atoms with Crippen LogP contribution < -0.4 is 9.46 Å². The molecule has 0 radical (unpaired) electrons. The summed E-state index contributed by atoms with van der Waals surface area (Å²) in [6, 6.07) is 19.7. The Bertz CT molecular complexity index is 1830. The van der Waals surface area contributed by atoms with Crippen LogP contribution in [0.3, 0.4) is 0 Å². The number of anilines is 1. The molecule has 196 valence electrons. The summed E-state index contributed by atoms with van der Waals surface area (Å²) in [5.41, 5.74) is 8.59. The third-order valence-electron chi connectivity index (χ3n) is 6.77. The van der Waals surface area contributed by atoms with Crippen molar-refractivity contribution in [1.82, 2.24) is 19.7 Å². The monoisotopic (exact) mass is 537 g/mol. The third-order valence-corrected chi connectivity index (χ3v) is 7.37. The number of aromatic nitrogens is 4. The Morgan fingerprint density at radius 2 is 1.90 bits per heavy atom. The molecule has 9 heteroatoms. The van der Waals surface area contributed by atoms with Crippen molar-refractivity contribution in [1.29, 1.82) is 0 Å². The van der Waals surface area contributed by atoms with Crippen molar-refractivity contribution in [3.05, 3.63) is 113 Å². The van der Waals surface area contributed by atoms with E-state index in [1.165, 1.54) is 0 Å². The van der Waals surface area contributed by atoms with Crippen molar-refractivity contribution in [2.45, 2.75) is 26.5 Å². The number of nitrogens with one attached hydrogen (secondary N) is 1. The predicted octanol–water partition coefficient (Wildman–Crippen LogP) is 5.51. The predicted molar refractivity (Wildman–Crippen MR) is 153 cm³/mol. The number of ether oxygens (including phenoxy) is 1. The molecule has 2 aromatic carbocycles. The topological polar surface area (TPSA) is 99.0 Å². The van der Waals surface area contributed by atoms with E-state index in [4.69, 9.17) is 4.74 Å². The normalized spacial score (nSPS) is 14.2. The van der Waals surface area contributed by atoms with Crippen molar-refractivity contribution in [2.24, 2.45) is 0 Å². The second-order valence-corrected chi connectivity index (χ2v) is 11.3. The van der Waals surface area contributed by atoms with Gasteiger partial charge in [0.05, 0.1) is 24.5 Å². The van der Waals surface area contributed by atoms with E-state index in [0.29, 0.717) is 31.1 Å². The maximum absolute atomic E-state index is 11.9. The Hall–Kier alpha value is -4.50. The number of rotatable bonds is 6. The van der Waals surface area contributed by atoms with Gasteiger partial charge in [-0.2, -0.15) is 5.10 Å². The minimum Gasteiger partial charge on any atom is -0.472 e. The van der Waals surface area contributed by atoms with Gasteiger partial charge in [-0.05, 0) is 82.3 Å². The van der Waals surface area contributed by atoms with Gasteiger partial charge in [0.15, 0.2) is 0 Å². The van der Waals surface area contributed by atoms with Crippen molar-refractivity contribution < 1.29 is 13.2 Å². The van der Waals surface area contributed by atoms with Crippen LogP contribution in [-0.2, 0) is 23.2 Å². The molecule has 0 amide bonds. The molecule has 5 aromatic rings. The van der Waals surface area contributed by atoms with E-state index in [-0.39, 0.29) is 0 Å². The standard InChI is InChI=1S/C30H27N5O3S/c1-3-25(21-8-4-9-24(13-21)34-39(2,36)37)29-26-10-6-12-32-30(26)38-19-23-15-28-22(14-27(23)29)17-33-35(28)18-20-7-5-11-31-16-20/h4-17,34H,3,18-19H2,1-2H3/b29-25+. The molecule has 0 aliphatic carbocycles. The molecule has 39 heavy (non-hydrogen) atoms. The summed E-state index contributed by atoms with van der Waals surface area (Å²) < 4.78 is 34.6. The smallest absolute Gasteiger partial charge is 0.229 e. The Morgan fingerprint density at radius 3 is 2.69 bits per heavy atom. The quantitative estimate of drug-likeness (QED) is 0.307. The van der Waals surface area contributed by atoms with Crippen molar-refractivity contribution in [3.63, 3.8) is 0 Å². The van der Waals surface area contributed by atoms with Gasteiger partial charge in [-0.25, -0.2) is 13.4 Å². The fraction of sp³-hybridized carbons (Fsp3) is 0.167. The SMILES string of the molecule is CC/C(=C1\c2cc3cnn(Cc4cccnc4)c3cc2COc2ncccc21)c1cccc(NS(C)(=O)=O)c1. The number of hydrogen-bond donors (Lipinski definition) is 1. The number of pyridine rings is 2.